The van der Waals surface area contributed by atoms with Crippen LogP contribution in [0.3, 0.4) is 0 Å². The van der Waals surface area contributed by atoms with Crippen LogP contribution in [0, 0.1) is 0 Å². The molecule has 0 aliphatic carbocycles. The van der Waals surface area contributed by atoms with Gasteiger partial charge < -0.3 is 19.4 Å². The zero-order chi connectivity index (χ0) is 16.8. The standard InChI is InChI=1S/C15H18N4O4/c1-4-22-13-11(9-16-15(18-13)23-5-2)17-12(20)10-7-6-8-19(3)14(10)21/h6-9H,4-5H2,1-3H3,(H,17,20). The SMILES string of the molecule is CCOc1ncc(NC(=O)c2cccn(C)c2=O)c(OCC)n1. The number of carbonyl (C=O) groups excluding carboxylic acids is 1. The second kappa shape index (κ2) is 7.39. The van der Waals surface area contributed by atoms with E-state index < -0.39 is 11.5 Å². The molecule has 0 fully saturated rings. The van der Waals surface area contributed by atoms with E-state index in [4.69, 9.17) is 9.47 Å². The molecule has 8 heteroatoms. The molecule has 2 aromatic heterocycles. The van der Waals surface area contributed by atoms with E-state index in [1.165, 1.54) is 16.8 Å². The molecule has 0 bridgehead atoms. The predicted molar refractivity (Wildman–Crippen MR) is 84.0 cm³/mol. The Labute approximate surface area is 133 Å². The van der Waals surface area contributed by atoms with E-state index in [-0.39, 0.29) is 23.1 Å². The van der Waals surface area contributed by atoms with Crippen molar-refractivity contribution in [3.8, 4) is 11.9 Å². The maximum Gasteiger partial charge on any atom is 0.319 e. The Morgan fingerprint density at radius 3 is 2.74 bits per heavy atom. The van der Waals surface area contributed by atoms with Crippen LogP contribution in [-0.4, -0.2) is 33.7 Å². The van der Waals surface area contributed by atoms with Crippen LogP contribution in [0.4, 0.5) is 5.69 Å². The number of nitrogens with zero attached hydrogens (tertiary/aromatic N) is 3. The number of nitrogens with one attached hydrogen (secondary N) is 1. The van der Waals surface area contributed by atoms with Gasteiger partial charge in [-0.15, -0.1) is 0 Å². The zero-order valence-electron chi connectivity index (χ0n) is 13.2. The highest BCUT2D eigenvalue weighted by Gasteiger charge is 2.16. The molecular formula is C15H18N4O4. The molecule has 2 heterocycles. The van der Waals surface area contributed by atoms with Gasteiger partial charge >= 0.3 is 6.01 Å². The molecule has 0 aliphatic heterocycles. The fourth-order valence-corrected chi connectivity index (χ4v) is 1.84. The summed E-state index contributed by atoms with van der Waals surface area (Å²) in [5.41, 5.74) is -0.104. The zero-order valence-corrected chi connectivity index (χ0v) is 13.2. The molecule has 2 aromatic rings. The maximum absolute atomic E-state index is 12.3. The minimum Gasteiger partial charge on any atom is -0.476 e. The van der Waals surface area contributed by atoms with Gasteiger partial charge in [0.25, 0.3) is 11.5 Å². The minimum absolute atomic E-state index is 0.0198. The normalized spacial score (nSPS) is 10.2. The molecule has 0 unspecified atom stereocenters. The summed E-state index contributed by atoms with van der Waals surface area (Å²) in [6, 6.07) is 3.23. The average Bonchev–Trinajstić information content (AvgIpc) is 2.53. The lowest BCUT2D eigenvalue weighted by Gasteiger charge is -2.11. The van der Waals surface area contributed by atoms with Crippen LogP contribution in [0.15, 0.2) is 29.3 Å². The van der Waals surface area contributed by atoms with Crippen LogP contribution in [0.2, 0.25) is 0 Å². The Morgan fingerprint density at radius 2 is 2.04 bits per heavy atom. The van der Waals surface area contributed by atoms with Crippen LogP contribution in [0.25, 0.3) is 0 Å². The molecule has 1 N–H and O–H groups in total. The highest BCUT2D eigenvalue weighted by molar-refractivity contribution is 6.04. The van der Waals surface area contributed by atoms with Crippen molar-refractivity contribution in [1.29, 1.82) is 0 Å². The third kappa shape index (κ3) is 3.85. The van der Waals surface area contributed by atoms with Crippen molar-refractivity contribution in [2.24, 2.45) is 7.05 Å². The van der Waals surface area contributed by atoms with E-state index in [2.05, 4.69) is 15.3 Å². The lowest BCUT2D eigenvalue weighted by molar-refractivity contribution is 0.102. The fourth-order valence-electron chi connectivity index (χ4n) is 1.84. The lowest BCUT2D eigenvalue weighted by atomic mass is 10.2. The van der Waals surface area contributed by atoms with E-state index in [9.17, 15) is 9.59 Å². The first kappa shape index (κ1) is 16.5. The van der Waals surface area contributed by atoms with E-state index in [1.807, 2.05) is 6.92 Å². The van der Waals surface area contributed by atoms with Gasteiger partial charge in [-0.2, -0.15) is 4.98 Å². The Balaban J connectivity index is 2.29. The van der Waals surface area contributed by atoms with Crippen molar-refractivity contribution >= 4 is 11.6 Å². The number of rotatable bonds is 6. The van der Waals surface area contributed by atoms with Crippen molar-refractivity contribution in [3.63, 3.8) is 0 Å². The summed E-state index contributed by atoms with van der Waals surface area (Å²) < 4.78 is 11.9. The molecular weight excluding hydrogens is 300 g/mol. The number of amides is 1. The Kier molecular flexibility index (Phi) is 5.29. The van der Waals surface area contributed by atoms with Crippen LogP contribution in [0.1, 0.15) is 24.2 Å². The highest BCUT2D eigenvalue weighted by Crippen LogP contribution is 2.23. The predicted octanol–water partition coefficient (Wildman–Crippen LogP) is 1.22. The van der Waals surface area contributed by atoms with Gasteiger partial charge in [0, 0.05) is 13.2 Å². The molecule has 0 saturated heterocycles. The quantitative estimate of drug-likeness (QED) is 0.860. The topological polar surface area (TPSA) is 95.3 Å². The van der Waals surface area contributed by atoms with Gasteiger partial charge in [-0.1, -0.05) is 0 Å². The number of pyridine rings is 1. The second-order valence-electron chi connectivity index (χ2n) is 4.53. The lowest BCUT2D eigenvalue weighted by Crippen LogP contribution is -2.27. The van der Waals surface area contributed by atoms with Crippen LogP contribution < -0.4 is 20.3 Å². The Morgan fingerprint density at radius 1 is 1.30 bits per heavy atom. The summed E-state index contributed by atoms with van der Waals surface area (Å²) in [6.45, 7) is 4.38. The summed E-state index contributed by atoms with van der Waals surface area (Å²) in [7, 11) is 1.57. The minimum atomic E-state index is -0.556. The van der Waals surface area contributed by atoms with Crippen LogP contribution in [0.5, 0.6) is 11.9 Å². The summed E-state index contributed by atoms with van der Waals surface area (Å²) in [6.07, 6.45) is 2.96. The van der Waals surface area contributed by atoms with Crippen molar-refractivity contribution in [2.45, 2.75) is 13.8 Å². The third-order valence-corrected chi connectivity index (χ3v) is 2.90. The summed E-state index contributed by atoms with van der Waals surface area (Å²) in [5, 5.41) is 2.59. The van der Waals surface area contributed by atoms with Crippen LogP contribution >= 0.6 is 0 Å². The number of aryl methyl sites for hydroxylation is 1. The molecule has 0 radical (unpaired) electrons. The molecule has 0 aliphatic rings. The third-order valence-electron chi connectivity index (χ3n) is 2.90. The van der Waals surface area contributed by atoms with Gasteiger partial charge in [-0.3, -0.25) is 9.59 Å². The van der Waals surface area contributed by atoms with Gasteiger partial charge in [0.1, 0.15) is 11.3 Å². The average molecular weight is 318 g/mol. The number of hydrogen-bond acceptors (Lipinski definition) is 6. The first-order valence-electron chi connectivity index (χ1n) is 7.16. The Hall–Kier alpha value is -2.90. The van der Waals surface area contributed by atoms with Gasteiger partial charge in [-0.05, 0) is 26.0 Å². The number of hydrogen-bond donors (Lipinski definition) is 1. The molecule has 0 saturated carbocycles. The number of anilines is 1. The van der Waals surface area contributed by atoms with E-state index in [1.54, 1.807) is 26.2 Å². The monoisotopic (exact) mass is 318 g/mol. The van der Waals surface area contributed by atoms with E-state index in [0.29, 0.717) is 13.2 Å². The smallest absolute Gasteiger partial charge is 0.319 e. The molecule has 0 spiro atoms. The number of carbonyl (C=O) groups is 1. The molecule has 0 atom stereocenters. The maximum atomic E-state index is 12.3. The summed E-state index contributed by atoms with van der Waals surface area (Å²) in [5.74, 6) is -0.369. The fraction of sp³-hybridized carbons (Fsp3) is 0.333. The summed E-state index contributed by atoms with van der Waals surface area (Å²) >= 11 is 0. The van der Waals surface area contributed by atoms with Crippen molar-refractivity contribution < 1.29 is 14.3 Å². The number of aromatic nitrogens is 3. The number of ether oxygens (including phenoxy) is 2. The molecule has 1 amide bonds. The molecule has 2 rings (SSSR count). The molecule has 122 valence electrons. The second-order valence-corrected chi connectivity index (χ2v) is 4.53. The summed E-state index contributed by atoms with van der Waals surface area (Å²) in [4.78, 5) is 32.3. The molecule has 0 aromatic carbocycles. The van der Waals surface area contributed by atoms with E-state index >= 15 is 0 Å². The first-order chi connectivity index (χ1) is 11.1. The van der Waals surface area contributed by atoms with Crippen molar-refractivity contribution in [1.82, 2.24) is 14.5 Å². The Bertz CT molecular complexity index is 757. The molecule has 23 heavy (non-hydrogen) atoms. The largest absolute Gasteiger partial charge is 0.476 e. The van der Waals surface area contributed by atoms with E-state index in [0.717, 1.165) is 0 Å². The molecule has 8 nitrogen and oxygen atoms in total. The van der Waals surface area contributed by atoms with Gasteiger partial charge in [-0.25, -0.2) is 4.98 Å². The van der Waals surface area contributed by atoms with Gasteiger partial charge in [0.2, 0.25) is 5.88 Å². The van der Waals surface area contributed by atoms with Gasteiger partial charge in [0.05, 0.1) is 19.4 Å². The highest BCUT2D eigenvalue weighted by atomic mass is 16.5. The van der Waals surface area contributed by atoms with Crippen LogP contribution in [-0.2, 0) is 7.05 Å². The van der Waals surface area contributed by atoms with Crippen molar-refractivity contribution in [3.05, 3.63) is 40.4 Å². The first-order valence-corrected chi connectivity index (χ1v) is 7.16. The van der Waals surface area contributed by atoms with Crippen molar-refractivity contribution in [2.75, 3.05) is 18.5 Å². The van der Waals surface area contributed by atoms with Gasteiger partial charge in [0.15, 0.2) is 0 Å².